The zero-order valence-corrected chi connectivity index (χ0v) is 17.8. The van der Waals surface area contributed by atoms with Crippen LogP contribution < -0.4 is 5.32 Å². The standard InChI is InChI=1S/C22H33ClN4O/c1-24-21(27-11-8-20(16-27)26-12-14-28-15-13-26)25-17-22(9-2-3-10-22)18-4-6-19(23)7-5-18/h4-7,20H,2-3,8-17H2,1H3,(H,24,25). The zero-order valence-electron chi connectivity index (χ0n) is 17.0. The fraction of sp³-hybridized carbons (Fsp3) is 0.682. The number of halogens is 1. The quantitative estimate of drug-likeness (QED) is 0.618. The second-order valence-corrected chi connectivity index (χ2v) is 8.87. The summed E-state index contributed by atoms with van der Waals surface area (Å²) in [7, 11) is 1.91. The summed E-state index contributed by atoms with van der Waals surface area (Å²) < 4.78 is 5.51. The van der Waals surface area contributed by atoms with E-state index in [1.165, 1.54) is 37.7 Å². The summed E-state index contributed by atoms with van der Waals surface area (Å²) in [5.74, 6) is 1.05. The highest BCUT2D eigenvalue weighted by Crippen LogP contribution is 2.41. The zero-order chi connectivity index (χ0) is 19.4. The van der Waals surface area contributed by atoms with Gasteiger partial charge in [-0.15, -0.1) is 0 Å². The monoisotopic (exact) mass is 404 g/mol. The molecule has 1 aromatic carbocycles. The number of hydrogen-bond acceptors (Lipinski definition) is 3. The van der Waals surface area contributed by atoms with Crippen molar-refractivity contribution in [3.8, 4) is 0 Å². The molecule has 4 rings (SSSR count). The van der Waals surface area contributed by atoms with Gasteiger partial charge < -0.3 is 15.0 Å². The second kappa shape index (κ2) is 9.02. The molecule has 3 fully saturated rings. The van der Waals surface area contributed by atoms with Crippen LogP contribution in [0.1, 0.15) is 37.7 Å². The number of hydrogen-bond donors (Lipinski definition) is 1. The Balaban J connectivity index is 1.38. The number of morpholine rings is 1. The van der Waals surface area contributed by atoms with Crippen LogP contribution in [0.25, 0.3) is 0 Å². The normalized spacial score (nSPS) is 26.0. The molecule has 1 atom stereocenters. The van der Waals surface area contributed by atoms with Crippen LogP contribution in [0.4, 0.5) is 0 Å². The van der Waals surface area contributed by atoms with Crippen LogP contribution >= 0.6 is 11.6 Å². The SMILES string of the molecule is CN=C(NCC1(c2ccc(Cl)cc2)CCCC1)N1CCC(N2CCOCC2)C1. The number of ether oxygens (including phenoxy) is 1. The molecular weight excluding hydrogens is 372 g/mol. The average molecular weight is 405 g/mol. The van der Waals surface area contributed by atoms with Crippen LogP contribution in [0.15, 0.2) is 29.3 Å². The third kappa shape index (κ3) is 4.32. The molecule has 2 aliphatic heterocycles. The van der Waals surface area contributed by atoms with Crippen LogP contribution in [-0.4, -0.2) is 74.8 Å². The Labute approximate surface area is 174 Å². The number of aliphatic imine (C=N–C) groups is 1. The molecule has 1 aromatic rings. The van der Waals surface area contributed by atoms with E-state index < -0.39 is 0 Å². The molecule has 1 unspecified atom stereocenters. The van der Waals surface area contributed by atoms with Gasteiger partial charge in [0.2, 0.25) is 0 Å². The number of nitrogens with zero attached hydrogens (tertiary/aromatic N) is 3. The number of nitrogens with one attached hydrogen (secondary N) is 1. The molecule has 3 aliphatic rings. The minimum absolute atomic E-state index is 0.198. The largest absolute Gasteiger partial charge is 0.379 e. The number of rotatable bonds is 4. The van der Waals surface area contributed by atoms with E-state index in [-0.39, 0.29) is 5.41 Å². The molecule has 154 valence electrons. The van der Waals surface area contributed by atoms with E-state index in [1.807, 2.05) is 19.2 Å². The average Bonchev–Trinajstić information content (AvgIpc) is 3.41. The van der Waals surface area contributed by atoms with Crippen molar-refractivity contribution in [2.45, 2.75) is 43.6 Å². The van der Waals surface area contributed by atoms with E-state index in [0.29, 0.717) is 6.04 Å². The Hall–Kier alpha value is -1.30. The first-order valence-corrected chi connectivity index (χ1v) is 11.1. The highest BCUT2D eigenvalue weighted by molar-refractivity contribution is 6.30. The van der Waals surface area contributed by atoms with Crippen molar-refractivity contribution in [2.24, 2.45) is 4.99 Å². The van der Waals surface area contributed by atoms with Crippen molar-refractivity contribution >= 4 is 17.6 Å². The van der Waals surface area contributed by atoms with E-state index >= 15 is 0 Å². The Morgan fingerprint density at radius 3 is 2.57 bits per heavy atom. The summed E-state index contributed by atoms with van der Waals surface area (Å²) in [6, 6.07) is 9.10. The fourth-order valence-corrected chi connectivity index (χ4v) is 5.30. The van der Waals surface area contributed by atoms with Gasteiger partial charge in [0.15, 0.2) is 5.96 Å². The molecule has 0 bridgehead atoms. The van der Waals surface area contributed by atoms with Crippen LogP contribution in [0, 0.1) is 0 Å². The molecule has 1 N–H and O–H groups in total. The van der Waals surface area contributed by atoms with Crippen molar-refractivity contribution in [1.29, 1.82) is 0 Å². The van der Waals surface area contributed by atoms with Crippen molar-refractivity contribution in [3.63, 3.8) is 0 Å². The Kier molecular flexibility index (Phi) is 6.44. The molecule has 28 heavy (non-hydrogen) atoms. The van der Waals surface area contributed by atoms with Crippen LogP contribution in [0.2, 0.25) is 5.02 Å². The van der Waals surface area contributed by atoms with Gasteiger partial charge in [-0.3, -0.25) is 9.89 Å². The van der Waals surface area contributed by atoms with Gasteiger partial charge in [-0.2, -0.15) is 0 Å². The molecule has 0 aromatic heterocycles. The molecule has 1 aliphatic carbocycles. The lowest BCUT2D eigenvalue weighted by Gasteiger charge is -2.34. The number of likely N-dealkylation sites (tertiary alicyclic amines) is 1. The van der Waals surface area contributed by atoms with Crippen molar-refractivity contribution in [2.75, 3.05) is 53.0 Å². The summed E-state index contributed by atoms with van der Waals surface area (Å²) in [6.07, 6.45) is 6.27. The summed E-state index contributed by atoms with van der Waals surface area (Å²) >= 11 is 6.12. The Bertz CT molecular complexity index is 666. The maximum Gasteiger partial charge on any atom is 0.193 e. The molecule has 1 saturated carbocycles. The summed E-state index contributed by atoms with van der Waals surface area (Å²) in [5, 5.41) is 4.54. The third-order valence-corrected chi connectivity index (χ3v) is 7.09. The topological polar surface area (TPSA) is 40.1 Å². The smallest absolute Gasteiger partial charge is 0.193 e. The number of guanidine groups is 1. The van der Waals surface area contributed by atoms with Crippen LogP contribution in [0.5, 0.6) is 0 Å². The number of benzene rings is 1. The van der Waals surface area contributed by atoms with Gasteiger partial charge in [-0.25, -0.2) is 0 Å². The van der Waals surface area contributed by atoms with Gasteiger partial charge in [0.1, 0.15) is 0 Å². The first kappa shape index (κ1) is 20.0. The molecule has 0 amide bonds. The molecule has 5 nitrogen and oxygen atoms in total. The van der Waals surface area contributed by atoms with Crippen molar-refractivity contribution in [1.82, 2.24) is 15.1 Å². The van der Waals surface area contributed by atoms with Crippen LogP contribution in [0.3, 0.4) is 0 Å². The lowest BCUT2D eigenvalue weighted by atomic mass is 9.79. The minimum Gasteiger partial charge on any atom is -0.379 e. The lowest BCUT2D eigenvalue weighted by molar-refractivity contribution is 0.0195. The highest BCUT2D eigenvalue weighted by atomic mass is 35.5. The lowest BCUT2D eigenvalue weighted by Crippen LogP contribution is -2.48. The highest BCUT2D eigenvalue weighted by Gasteiger charge is 2.37. The minimum atomic E-state index is 0.198. The van der Waals surface area contributed by atoms with Gasteiger partial charge in [-0.05, 0) is 37.0 Å². The molecule has 6 heteroatoms. The van der Waals surface area contributed by atoms with Gasteiger partial charge in [0.25, 0.3) is 0 Å². The summed E-state index contributed by atoms with van der Waals surface area (Å²) in [6.45, 7) is 6.94. The fourth-order valence-electron chi connectivity index (χ4n) is 5.18. The molecule has 2 saturated heterocycles. The Morgan fingerprint density at radius 2 is 1.89 bits per heavy atom. The van der Waals surface area contributed by atoms with E-state index in [0.717, 1.165) is 56.9 Å². The first-order valence-electron chi connectivity index (χ1n) is 10.7. The second-order valence-electron chi connectivity index (χ2n) is 8.43. The van der Waals surface area contributed by atoms with Crippen molar-refractivity contribution in [3.05, 3.63) is 34.9 Å². The van der Waals surface area contributed by atoms with E-state index in [4.69, 9.17) is 16.3 Å². The maximum atomic E-state index is 6.12. The van der Waals surface area contributed by atoms with Gasteiger partial charge in [0.05, 0.1) is 13.2 Å². The predicted molar refractivity (Wildman–Crippen MR) is 115 cm³/mol. The van der Waals surface area contributed by atoms with Crippen molar-refractivity contribution < 1.29 is 4.74 Å². The van der Waals surface area contributed by atoms with E-state index in [9.17, 15) is 0 Å². The molecule has 0 radical (unpaired) electrons. The molecule has 0 spiro atoms. The third-order valence-electron chi connectivity index (χ3n) is 6.84. The van der Waals surface area contributed by atoms with Gasteiger partial charge in [0, 0.05) is 56.3 Å². The molecule has 2 heterocycles. The van der Waals surface area contributed by atoms with Crippen LogP contribution in [-0.2, 0) is 10.2 Å². The van der Waals surface area contributed by atoms with Gasteiger partial charge in [-0.1, -0.05) is 36.6 Å². The first-order chi connectivity index (χ1) is 13.7. The maximum absolute atomic E-state index is 6.12. The predicted octanol–water partition coefficient (Wildman–Crippen LogP) is 3.13. The summed E-state index contributed by atoms with van der Waals surface area (Å²) in [4.78, 5) is 9.64. The van der Waals surface area contributed by atoms with Gasteiger partial charge >= 0.3 is 0 Å². The Morgan fingerprint density at radius 1 is 1.18 bits per heavy atom. The van der Waals surface area contributed by atoms with E-state index in [2.05, 4.69) is 32.2 Å². The van der Waals surface area contributed by atoms with E-state index in [1.54, 1.807) is 0 Å². The summed E-state index contributed by atoms with van der Waals surface area (Å²) in [5.41, 5.74) is 1.61. The molecular formula is C22H33ClN4O.